The van der Waals surface area contributed by atoms with Gasteiger partial charge in [0.25, 0.3) is 0 Å². The lowest BCUT2D eigenvalue weighted by molar-refractivity contribution is 1.50. The maximum Gasteiger partial charge on any atom is 0.0919 e. The fourth-order valence-corrected chi connectivity index (χ4v) is 5.78. The van der Waals surface area contributed by atoms with Crippen LogP contribution in [0.4, 0.5) is 0 Å². The number of rotatable bonds is 5. The molecule has 0 saturated carbocycles. The lowest BCUT2D eigenvalue weighted by Gasteiger charge is -2.15. The molecule has 0 unspecified atom stereocenters. The van der Waals surface area contributed by atoms with Crippen LogP contribution in [0, 0.1) is 0 Å². The van der Waals surface area contributed by atoms with Crippen molar-refractivity contribution >= 4 is 23.1 Å². The summed E-state index contributed by atoms with van der Waals surface area (Å²) in [7, 11) is 0. The van der Waals surface area contributed by atoms with Crippen molar-refractivity contribution in [3.8, 4) is 55.9 Å². The van der Waals surface area contributed by atoms with E-state index in [1.807, 2.05) is 12.1 Å². The Morgan fingerprint density at radius 3 is 1.06 bits per heavy atom. The molecule has 2 heterocycles. The van der Waals surface area contributed by atoms with Crippen LogP contribution < -0.4 is 0 Å². The Hall–Kier alpha value is -3.86. The van der Waals surface area contributed by atoms with E-state index in [9.17, 15) is 0 Å². The van der Waals surface area contributed by atoms with Crippen molar-refractivity contribution in [3.63, 3.8) is 0 Å². The van der Waals surface area contributed by atoms with E-state index in [4.69, 9.17) is 8.75 Å². The van der Waals surface area contributed by atoms with Crippen molar-refractivity contribution in [1.82, 2.24) is 8.75 Å². The highest BCUT2D eigenvalue weighted by molar-refractivity contribution is 7.04. The van der Waals surface area contributed by atoms with Gasteiger partial charge in [-0.15, -0.1) is 0 Å². The van der Waals surface area contributed by atoms with Crippen LogP contribution in [0.15, 0.2) is 120 Å². The largest absolute Gasteiger partial charge is 0.192 e. The fraction of sp³-hybridized carbons (Fsp3) is 0. The molecule has 6 rings (SSSR count). The molecule has 0 spiro atoms. The first-order valence-electron chi connectivity index (χ1n) is 11.1. The Kier molecular flexibility index (Phi) is 5.60. The molecule has 2 nitrogen and oxygen atoms in total. The Morgan fingerprint density at radius 1 is 0.353 bits per heavy atom. The molecule has 0 aliphatic rings. The fourth-order valence-electron chi connectivity index (χ4n) is 4.37. The van der Waals surface area contributed by atoms with Crippen LogP contribution in [0.1, 0.15) is 0 Å². The van der Waals surface area contributed by atoms with Gasteiger partial charge in [-0.3, -0.25) is 0 Å². The van der Waals surface area contributed by atoms with E-state index in [1.54, 1.807) is 0 Å². The molecule has 0 N–H and O–H groups in total. The van der Waals surface area contributed by atoms with Crippen molar-refractivity contribution in [2.24, 2.45) is 0 Å². The highest BCUT2D eigenvalue weighted by Gasteiger charge is 2.19. The van der Waals surface area contributed by atoms with Crippen LogP contribution in [0.3, 0.4) is 0 Å². The average molecular weight is 473 g/mol. The average Bonchev–Trinajstić information content (AvgIpc) is 3.60. The van der Waals surface area contributed by atoms with Crippen LogP contribution in [-0.2, 0) is 0 Å². The van der Waals surface area contributed by atoms with Crippen LogP contribution in [0.5, 0.6) is 0 Å². The minimum atomic E-state index is 1.03. The number of hydrogen-bond donors (Lipinski definition) is 0. The van der Waals surface area contributed by atoms with E-state index in [0.717, 1.165) is 33.6 Å². The van der Waals surface area contributed by atoms with Gasteiger partial charge in [0.2, 0.25) is 0 Å². The minimum absolute atomic E-state index is 1.03. The van der Waals surface area contributed by atoms with Crippen LogP contribution in [0.25, 0.3) is 55.9 Å². The molecule has 6 aromatic rings. The molecular weight excluding hydrogens is 452 g/mol. The second-order valence-corrected chi connectivity index (χ2v) is 9.24. The van der Waals surface area contributed by atoms with Gasteiger partial charge >= 0.3 is 0 Å². The second-order valence-electron chi connectivity index (χ2n) is 7.98. The summed E-state index contributed by atoms with van der Waals surface area (Å²) in [4.78, 5) is 0. The third-order valence-electron chi connectivity index (χ3n) is 5.96. The molecule has 2 aromatic heterocycles. The van der Waals surface area contributed by atoms with Crippen molar-refractivity contribution in [2.45, 2.75) is 0 Å². The van der Waals surface area contributed by atoms with Gasteiger partial charge in [0.15, 0.2) is 0 Å². The van der Waals surface area contributed by atoms with E-state index in [-0.39, 0.29) is 0 Å². The minimum Gasteiger partial charge on any atom is -0.192 e. The maximum absolute atomic E-state index is 4.76. The topological polar surface area (TPSA) is 25.8 Å². The molecule has 0 amide bonds. The first kappa shape index (κ1) is 20.7. The monoisotopic (exact) mass is 472 g/mol. The zero-order valence-electron chi connectivity index (χ0n) is 18.3. The van der Waals surface area contributed by atoms with E-state index < -0.39 is 0 Å². The maximum atomic E-state index is 4.76. The summed E-state index contributed by atoms with van der Waals surface area (Å²) in [6.07, 6.45) is 0. The Morgan fingerprint density at radius 2 is 0.676 bits per heavy atom. The van der Waals surface area contributed by atoms with Crippen LogP contribution >= 0.6 is 23.1 Å². The van der Waals surface area contributed by atoms with Crippen LogP contribution in [0.2, 0.25) is 0 Å². The standard InChI is InChI=1S/C30H20N2S2/c1-3-11-21(12-4-1)29-27(19-33-31-29)25-17-9-7-15-23(25)24-16-8-10-18-26(24)28-20-34-32-30(28)22-13-5-2-6-14-22/h1-20H. The smallest absolute Gasteiger partial charge is 0.0919 e. The van der Waals surface area contributed by atoms with E-state index >= 15 is 0 Å². The van der Waals surface area contributed by atoms with Crippen molar-refractivity contribution in [1.29, 1.82) is 0 Å². The number of benzene rings is 4. The van der Waals surface area contributed by atoms with Gasteiger partial charge in [-0.05, 0) is 45.3 Å². The highest BCUT2D eigenvalue weighted by atomic mass is 32.1. The lowest BCUT2D eigenvalue weighted by Crippen LogP contribution is -1.90. The molecule has 4 aromatic carbocycles. The molecule has 0 radical (unpaired) electrons. The predicted molar refractivity (Wildman–Crippen MR) is 145 cm³/mol. The van der Waals surface area contributed by atoms with Gasteiger partial charge in [-0.1, -0.05) is 109 Å². The summed E-state index contributed by atoms with van der Waals surface area (Å²) in [5.74, 6) is 0. The SMILES string of the molecule is c1ccc(-c2nscc2-c2ccccc2-c2ccccc2-c2csnc2-c2ccccc2)cc1. The zero-order valence-corrected chi connectivity index (χ0v) is 19.9. The molecule has 0 aliphatic heterocycles. The number of hydrogen-bond acceptors (Lipinski definition) is 4. The van der Waals surface area contributed by atoms with Gasteiger partial charge in [0.1, 0.15) is 0 Å². The quantitative estimate of drug-likeness (QED) is 0.250. The van der Waals surface area contributed by atoms with Crippen molar-refractivity contribution in [2.75, 3.05) is 0 Å². The molecule has 34 heavy (non-hydrogen) atoms. The summed E-state index contributed by atoms with van der Waals surface area (Å²) in [6.45, 7) is 0. The van der Waals surface area contributed by atoms with E-state index in [2.05, 4.69) is 108 Å². The summed E-state index contributed by atoms with van der Waals surface area (Å²) >= 11 is 3.01. The van der Waals surface area contributed by atoms with E-state index in [1.165, 1.54) is 45.3 Å². The molecular formula is C30H20N2S2. The third-order valence-corrected chi connectivity index (χ3v) is 7.22. The molecule has 0 saturated heterocycles. The molecule has 0 fully saturated rings. The summed E-state index contributed by atoms with van der Waals surface area (Å²) in [5, 5.41) is 4.32. The first-order chi connectivity index (χ1) is 16.9. The van der Waals surface area contributed by atoms with Gasteiger partial charge < -0.3 is 0 Å². The number of aromatic nitrogens is 2. The van der Waals surface area contributed by atoms with Gasteiger partial charge in [0, 0.05) is 33.0 Å². The van der Waals surface area contributed by atoms with E-state index in [0.29, 0.717) is 0 Å². The third kappa shape index (κ3) is 3.77. The molecule has 0 aliphatic carbocycles. The number of nitrogens with zero attached hydrogens (tertiary/aromatic N) is 2. The predicted octanol–water partition coefficient (Wildman–Crippen LogP) is 8.93. The molecule has 0 bridgehead atoms. The van der Waals surface area contributed by atoms with Crippen molar-refractivity contribution < 1.29 is 0 Å². The van der Waals surface area contributed by atoms with Gasteiger partial charge in [-0.2, -0.15) is 8.75 Å². The Balaban J connectivity index is 1.53. The molecule has 162 valence electrons. The summed E-state index contributed by atoms with van der Waals surface area (Å²) in [5.41, 5.74) is 11.4. The van der Waals surface area contributed by atoms with Gasteiger partial charge in [0.05, 0.1) is 11.4 Å². The Bertz CT molecular complexity index is 1430. The first-order valence-corrected chi connectivity index (χ1v) is 12.8. The molecule has 4 heteroatoms. The highest BCUT2D eigenvalue weighted by Crippen LogP contribution is 2.43. The normalized spacial score (nSPS) is 10.9. The molecule has 0 atom stereocenters. The van der Waals surface area contributed by atoms with Gasteiger partial charge in [-0.25, -0.2) is 0 Å². The zero-order chi connectivity index (χ0) is 22.7. The summed E-state index contributed by atoms with van der Waals surface area (Å²) in [6, 6.07) is 38.1. The van der Waals surface area contributed by atoms with Crippen molar-refractivity contribution in [3.05, 3.63) is 120 Å². The van der Waals surface area contributed by atoms with Crippen LogP contribution in [-0.4, -0.2) is 8.75 Å². The summed E-state index contributed by atoms with van der Waals surface area (Å²) < 4.78 is 9.51. The lowest BCUT2D eigenvalue weighted by atomic mass is 9.88. The second kappa shape index (κ2) is 9.18. The Labute approximate surface area is 207 Å².